The molecule has 5 heteroatoms. The Balaban J connectivity index is 2.09. The van der Waals surface area contributed by atoms with Crippen LogP contribution in [0.15, 0.2) is 24.3 Å². The van der Waals surface area contributed by atoms with Crippen LogP contribution in [0.2, 0.25) is 0 Å². The zero-order valence-corrected chi connectivity index (χ0v) is 13.5. The number of amides is 2. The van der Waals surface area contributed by atoms with Crippen LogP contribution in [-0.2, 0) is 14.3 Å². The number of morpholine rings is 1. The Labute approximate surface area is 131 Å². The highest BCUT2D eigenvalue weighted by atomic mass is 16.5. The van der Waals surface area contributed by atoms with Crippen molar-refractivity contribution < 1.29 is 14.3 Å². The number of carbonyl (C=O) groups excluding carboxylic acids is 2. The van der Waals surface area contributed by atoms with E-state index in [9.17, 15) is 9.59 Å². The Kier molecular flexibility index (Phi) is 5.55. The Morgan fingerprint density at radius 3 is 2.27 bits per heavy atom. The predicted octanol–water partition coefficient (Wildman–Crippen LogP) is 2.02. The summed E-state index contributed by atoms with van der Waals surface area (Å²) in [4.78, 5) is 27.5. The fourth-order valence-corrected chi connectivity index (χ4v) is 2.47. The van der Waals surface area contributed by atoms with Crippen molar-refractivity contribution in [3.05, 3.63) is 29.8 Å². The fraction of sp³-hybridized carbons (Fsp3) is 0.529. The first-order valence-corrected chi connectivity index (χ1v) is 7.72. The van der Waals surface area contributed by atoms with Crippen molar-refractivity contribution in [3.8, 4) is 0 Å². The van der Waals surface area contributed by atoms with E-state index in [0.29, 0.717) is 32.2 Å². The van der Waals surface area contributed by atoms with Crippen molar-refractivity contribution >= 4 is 17.5 Å². The van der Waals surface area contributed by atoms with E-state index in [2.05, 4.69) is 13.8 Å². The maximum absolute atomic E-state index is 12.3. The van der Waals surface area contributed by atoms with Gasteiger partial charge in [0.05, 0.1) is 13.2 Å². The van der Waals surface area contributed by atoms with Gasteiger partial charge in [-0.25, -0.2) is 0 Å². The van der Waals surface area contributed by atoms with Gasteiger partial charge in [0.1, 0.15) is 6.54 Å². The van der Waals surface area contributed by atoms with Crippen molar-refractivity contribution in [2.75, 3.05) is 37.7 Å². The van der Waals surface area contributed by atoms with Gasteiger partial charge in [-0.2, -0.15) is 0 Å². The number of nitrogens with zero attached hydrogens (tertiary/aromatic N) is 2. The van der Waals surface area contributed by atoms with Gasteiger partial charge in [-0.3, -0.25) is 9.59 Å². The summed E-state index contributed by atoms with van der Waals surface area (Å²) in [5.74, 6) is 0.278. The van der Waals surface area contributed by atoms with E-state index in [1.807, 2.05) is 24.3 Å². The smallest absolute Gasteiger partial charge is 0.242 e. The molecule has 1 fully saturated rings. The molecule has 22 heavy (non-hydrogen) atoms. The van der Waals surface area contributed by atoms with E-state index >= 15 is 0 Å². The van der Waals surface area contributed by atoms with E-state index in [1.54, 1.807) is 4.90 Å². The predicted molar refractivity (Wildman–Crippen MR) is 86.0 cm³/mol. The largest absolute Gasteiger partial charge is 0.378 e. The van der Waals surface area contributed by atoms with Crippen molar-refractivity contribution in [3.63, 3.8) is 0 Å². The first-order chi connectivity index (χ1) is 10.5. The van der Waals surface area contributed by atoms with Gasteiger partial charge in [-0.15, -0.1) is 0 Å². The van der Waals surface area contributed by atoms with Gasteiger partial charge in [-0.1, -0.05) is 26.0 Å². The third kappa shape index (κ3) is 4.07. The molecule has 1 aliphatic rings. The van der Waals surface area contributed by atoms with E-state index in [1.165, 1.54) is 17.4 Å². The molecule has 0 radical (unpaired) electrons. The lowest BCUT2D eigenvalue weighted by atomic mass is 10.0. The highest BCUT2D eigenvalue weighted by Crippen LogP contribution is 2.20. The summed E-state index contributed by atoms with van der Waals surface area (Å²) in [7, 11) is 0. The molecule has 2 rings (SSSR count). The molecule has 2 amide bonds. The van der Waals surface area contributed by atoms with E-state index in [0.717, 1.165) is 5.69 Å². The molecule has 0 atom stereocenters. The highest BCUT2D eigenvalue weighted by Gasteiger charge is 2.22. The SMILES string of the molecule is CC(=O)N(CC(=O)N1CCOCC1)c1ccc(C(C)C)cc1. The molecule has 1 aromatic carbocycles. The summed E-state index contributed by atoms with van der Waals surface area (Å²) in [5.41, 5.74) is 1.98. The normalized spacial score (nSPS) is 15.0. The van der Waals surface area contributed by atoms with Crippen molar-refractivity contribution in [2.45, 2.75) is 26.7 Å². The number of hydrogen-bond donors (Lipinski definition) is 0. The van der Waals surface area contributed by atoms with Crippen LogP contribution in [0.4, 0.5) is 5.69 Å². The van der Waals surface area contributed by atoms with Gasteiger partial charge < -0.3 is 14.5 Å². The minimum Gasteiger partial charge on any atom is -0.378 e. The second-order valence-electron chi connectivity index (χ2n) is 5.84. The van der Waals surface area contributed by atoms with Gasteiger partial charge in [0.2, 0.25) is 11.8 Å². The molecule has 0 saturated carbocycles. The van der Waals surface area contributed by atoms with Crippen LogP contribution in [0.1, 0.15) is 32.3 Å². The number of carbonyl (C=O) groups is 2. The van der Waals surface area contributed by atoms with Gasteiger partial charge in [-0.05, 0) is 23.6 Å². The molecule has 0 spiro atoms. The summed E-state index contributed by atoms with van der Waals surface area (Å²) >= 11 is 0. The number of anilines is 1. The Morgan fingerprint density at radius 1 is 1.18 bits per heavy atom. The molecule has 0 unspecified atom stereocenters. The summed E-state index contributed by atoms with van der Waals surface area (Å²) in [6.07, 6.45) is 0. The average molecular weight is 304 g/mol. The minimum absolute atomic E-state index is 0.0357. The molecule has 1 heterocycles. The first kappa shape index (κ1) is 16.5. The Morgan fingerprint density at radius 2 is 1.77 bits per heavy atom. The highest BCUT2D eigenvalue weighted by molar-refractivity contribution is 5.97. The summed E-state index contributed by atoms with van der Waals surface area (Å²) < 4.78 is 5.25. The van der Waals surface area contributed by atoms with Crippen LogP contribution in [0.3, 0.4) is 0 Å². The zero-order valence-electron chi connectivity index (χ0n) is 13.5. The first-order valence-electron chi connectivity index (χ1n) is 7.72. The van der Waals surface area contributed by atoms with E-state index in [-0.39, 0.29) is 18.4 Å². The molecule has 1 aliphatic heterocycles. The number of rotatable bonds is 4. The third-order valence-electron chi connectivity index (χ3n) is 3.91. The lowest BCUT2D eigenvalue weighted by Crippen LogP contribution is -2.46. The molecule has 1 aromatic rings. The third-order valence-corrected chi connectivity index (χ3v) is 3.91. The fourth-order valence-electron chi connectivity index (χ4n) is 2.47. The molecular formula is C17H24N2O3. The number of ether oxygens (including phenoxy) is 1. The van der Waals surface area contributed by atoms with Gasteiger partial charge in [0, 0.05) is 25.7 Å². The van der Waals surface area contributed by atoms with Crippen LogP contribution < -0.4 is 4.90 Å². The molecule has 0 N–H and O–H groups in total. The lowest BCUT2D eigenvalue weighted by Gasteiger charge is -2.29. The topological polar surface area (TPSA) is 49.9 Å². The zero-order chi connectivity index (χ0) is 16.1. The van der Waals surface area contributed by atoms with E-state index in [4.69, 9.17) is 4.74 Å². The summed E-state index contributed by atoms with van der Waals surface area (Å²) in [5, 5.41) is 0. The van der Waals surface area contributed by atoms with Crippen LogP contribution >= 0.6 is 0 Å². The van der Waals surface area contributed by atoms with Crippen LogP contribution in [0.25, 0.3) is 0 Å². The van der Waals surface area contributed by atoms with E-state index < -0.39 is 0 Å². The Hall–Kier alpha value is -1.88. The standard InChI is InChI=1S/C17H24N2O3/c1-13(2)15-4-6-16(7-5-15)19(14(3)20)12-17(21)18-8-10-22-11-9-18/h4-7,13H,8-12H2,1-3H3. The minimum atomic E-state index is -0.126. The maximum atomic E-state index is 12.3. The van der Waals surface area contributed by atoms with Crippen LogP contribution in [-0.4, -0.2) is 49.6 Å². The quantitative estimate of drug-likeness (QED) is 0.855. The van der Waals surface area contributed by atoms with Crippen LogP contribution in [0.5, 0.6) is 0 Å². The molecule has 1 saturated heterocycles. The Bertz CT molecular complexity index is 519. The monoisotopic (exact) mass is 304 g/mol. The lowest BCUT2D eigenvalue weighted by molar-refractivity contribution is -0.134. The maximum Gasteiger partial charge on any atom is 0.242 e. The van der Waals surface area contributed by atoms with Crippen molar-refractivity contribution in [1.29, 1.82) is 0 Å². The molecule has 0 bridgehead atoms. The van der Waals surface area contributed by atoms with Gasteiger partial charge in [0.25, 0.3) is 0 Å². The number of hydrogen-bond acceptors (Lipinski definition) is 3. The molecule has 5 nitrogen and oxygen atoms in total. The summed E-state index contributed by atoms with van der Waals surface area (Å²) in [6.45, 7) is 8.14. The van der Waals surface area contributed by atoms with Crippen molar-refractivity contribution in [2.24, 2.45) is 0 Å². The molecule has 120 valence electrons. The second-order valence-corrected chi connectivity index (χ2v) is 5.84. The number of benzene rings is 1. The average Bonchev–Trinajstić information content (AvgIpc) is 2.53. The second kappa shape index (κ2) is 7.40. The van der Waals surface area contributed by atoms with Gasteiger partial charge >= 0.3 is 0 Å². The molecule has 0 aromatic heterocycles. The van der Waals surface area contributed by atoms with Crippen LogP contribution in [0, 0.1) is 0 Å². The summed E-state index contributed by atoms with van der Waals surface area (Å²) in [6, 6.07) is 7.83. The van der Waals surface area contributed by atoms with Crippen molar-refractivity contribution in [1.82, 2.24) is 4.90 Å². The molecule has 0 aliphatic carbocycles. The van der Waals surface area contributed by atoms with Gasteiger partial charge in [0.15, 0.2) is 0 Å². The molecular weight excluding hydrogens is 280 g/mol.